The zero-order chi connectivity index (χ0) is 14.4. The summed E-state index contributed by atoms with van der Waals surface area (Å²) in [6.45, 7) is 3.84. The van der Waals surface area contributed by atoms with Crippen LogP contribution < -0.4 is 11.1 Å². The molecule has 1 aliphatic heterocycles. The van der Waals surface area contributed by atoms with Crippen LogP contribution in [0.2, 0.25) is 5.02 Å². The SMILES string of the molecule is Cc1ccc(O)c2c1N=C(N)Nc1c-2ccc(Cl)c1C. The highest BCUT2D eigenvalue weighted by Crippen LogP contribution is 2.46. The Kier molecular flexibility index (Phi) is 2.83. The molecular weight excluding hydrogens is 274 g/mol. The van der Waals surface area contributed by atoms with Gasteiger partial charge in [0, 0.05) is 10.6 Å². The minimum Gasteiger partial charge on any atom is -0.507 e. The number of nitrogens with two attached hydrogens (primary N) is 1. The molecule has 1 heterocycles. The van der Waals surface area contributed by atoms with Crippen LogP contribution in [0.15, 0.2) is 29.3 Å². The number of anilines is 1. The van der Waals surface area contributed by atoms with Gasteiger partial charge in [-0.1, -0.05) is 23.7 Å². The number of guanidine groups is 1. The summed E-state index contributed by atoms with van der Waals surface area (Å²) in [6, 6.07) is 7.16. The number of nitrogens with one attached hydrogen (secondary N) is 1. The van der Waals surface area contributed by atoms with Gasteiger partial charge in [-0.15, -0.1) is 0 Å². The van der Waals surface area contributed by atoms with Crippen molar-refractivity contribution in [1.82, 2.24) is 0 Å². The van der Waals surface area contributed by atoms with Crippen LogP contribution >= 0.6 is 11.6 Å². The molecule has 3 rings (SSSR count). The average molecular weight is 288 g/mol. The van der Waals surface area contributed by atoms with Gasteiger partial charge in [-0.25, -0.2) is 4.99 Å². The van der Waals surface area contributed by atoms with E-state index in [4.69, 9.17) is 17.3 Å². The van der Waals surface area contributed by atoms with E-state index in [1.54, 1.807) is 6.07 Å². The second-order valence-corrected chi connectivity index (χ2v) is 5.25. The molecule has 0 amide bonds. The highest BCUT2D eigenvalue weighted by atomic mass is 35.5. The van der Waals surface area contributed by atoms with E-state index in [1.165, 1.54) is 0 Å². The maximum atomic E-state index is 10.2. The van der Waals surface area contributed by atoms with Crippen molar-refractivity contribution in [1.29, 1.82) is 0 Å². The zero-order valence-corrected chi connectivity index (χ0v) is 11.9. The Labute approximate surface area is 121 Å². The fourth-order valence-corrected chi connectivity index (χ4v) is 2.58. The van der Waals surface area contributed by atoms with Crippen molar-refractivity contribution in [3.63, 3.8) is 0 Å². The Morgan fingerprint density at radius 3 is 2.70 bits per heavy atom. The number of aromatic hydroxyl groups is 1. The average Bonchev–Trinajstić information content (AvgIpc) is 2.56. The van der Waals surface area contributed by atoms with Gasteiger partial charge in [0.05, 0.1) is 16.9 Å². The number of hydrogen-bond acceptors (Lipinski definition) is 4. The fraction of sp³-hybridized carbons (Fsp3) is 0.133. The Morgan fingerprint density at radius 1 is 1.20 bits per heavy atom. The zero-order valence-electron chi connectivity index (χ0n) is 11.2. The summed E-state index contributed by atoms with van der Waals surface area (Å²) in [5.41, 5.74) is 10.7. The van der Waals surface area contributed by atoms with Crippen molar-refractivity contribution in [3.05, 3.63) is 40.4 Å². The molecule has 102 valence electrons. The smallest absolute Gasteiger partial charge is 0.198 e. The largest absolute Gasteiger partial charge is 0.507 e. The van der Waals surface area contributed by atoms with Crippen molar-refractivity contribution in [3.8, 4) is 16.9 Å². The van der Waals surface area contributed by atoms with Crippen LogP contribution in [0.5, 0.6) is 5.75 Å². The molecule has 4 nitrogen and oxygen atoms in total. The summed E-state index contributed by atoms with van der Waals surface area (Å²) in [6.07, 6.45) is 0. The number of halogens is 1. The van der Waals surface area contributed by atoms with Crippen molar-refractivity contribution in [2.45, 2.75) is 13.8 Å². The van der Waals surface area contributed by atoms with Gasteiger partial charge < -0.3 is 16.2 Å². The van der Waals surface area contributed by atoms with E-state index in [0.717, 1.165) is 22.4 Å². The van der Waals surface area contributed by atoms with Crippen LogP contribution in [0.4, 0.5) is 11.4 Å². The maximum Gasteiger partial charge on any atom is 0.198 e. The van der Waals surface area contributed by atoms with Gasteiger partial charge >= 0.3 is 0 Å². The molecule has 0 radical (unpaired) electrons. The third kappa shape index (κ3) is 1.80. The first-order chi connectivity index (χ1) is 9.49. The van der Waals surface area contributed by atoms with Crippen LogP contribution in [-0.2, 0) is 0 Å². The Bertz CT molecular complexity index is 753. The molecule has 1 aliphatic rings. The maximum absolute atomic E-state index is 10.2. The van der Waals surface area contributed by atoms with E-state index < -0.39 is 0 Å². The quantitative estimate of drug-likeness (QED) is 0.692. The molecule has 5 heteroatoms. The normalized spacial score (nSPS) is 12.8. The van der Waals surface area contributed by atoms with E-state index >= 15 is 0 Å². The molecule has 4 N–H and O–H groups in total. The number of fused-ring (bicyclic) bond motifs is 3. The van der Waals surface area contributed by atoms with Crippen LogP contribution in [0, 0.1) is 13.8 Å². The molecule has 0 saturated carbocycles. The number of benzene rings is 2. The Morgan fingerprint density at radius 2 is 1.95 bits per heavy atom. The number of aryl methyl sites for hydroxylation is 1. The van der Waals surface area contributed by atoms with Crippen molar-refractivity contribution >= 4 is 28.9 Å². The molecule has 0 aliphatic carbocycles. The molecule has 20 heavy (non-hydrogen) atoms. The van der Waals surface area contributed by atoms with Crippen molar-refractivity contribution < 1.29 is 5.11 Å². The van der Waals surface area contributed by atoms with E-state index in [1.807, 2.05) is 32.0 Å². The minimum absolute atomic E-state index is 0.175. The molecule has 2 aromatic rings. The summed E-state index contributed by atoms with van der Waals surface area (Å²) in [5, 5.41) is 13.9. The predicted octanol–water partition coefficient (Wildman–Crippen LogP) is 3.70. The van der Waals surface area contributed by atoms with Crippen molar-refractivity contribution in [2.75, 3.05) is 5.32 Å². The first-order valence-electron chi connectivity index (χ1n) is 6.22. The fourth-order valence-electron chi connectivity index (χ4n) is 2.43. The lowest BCUT2D eigenvalue weighted by Crippen LogP contribution is -2.22. The van der Waals surface area contributed by atoms with Gasteiger partial charge in [0.15, 0.2) is 5.96 Å². The number of phenolic OH excluding ortho intramolecular Hbond substituents is 1. The predicted molar refractivity (Wildman–Crippen MR) is 82.9 cm³/mol. The van der Waals surface area contributed by atoms with E-state index in [2.05, 4.69) is 10.3 Å². The molecule has 0 unspecified atom stereocenters. The lowest BCUT2D eigenvalue weighted by Gasteiger charge is -2.14. The molecule has 0 fully saturated rings. The van der Waals surface area contributed by atoms with Gasteiger partial charge in [-0.05, 0) is 37.1 Å². The summed E-state index contributed by atoms with van der Waals surface area (Å²) in [4.78, 5) is 4.37. The van der Waals surface area contributed by atoms with Gasteiger partial charge in [-0.2, -0.15) is 0 Å². The van der Waals surface area contributed by atoms with E-state index in [0.29, 0.717) is 16.3 Å². The standard InChI is InChI=1S/C15H14ClN3O/c1-7-3-6-11(20)12-9-4-5-10(16)8(2)14(9)19-15(17)18-13(7)12/h3-6,20H,1-2H3,(H3,17,18,19). The van der Waals surface area contributed by atoms with Gasteiger partial charge in [0.25, 0.3) is 0 Å². The summed E-state index contributed by atoms with van der Waals surface area (Å²) < 4.78 is 0. The monoisotopic (exact) mass is 287 g/mol. The third-order valence-electron chi connectivity index (χ3n) is 3.51. The molecule has 0 atom stereocenters. The number of aliphatic imine (C=N–C) groups is 1. The molecular formula is C15H14ClN3O. The minimum atomic E-state index is 0.175. The van der Waals surface area contributed by atoms with Crippen LogP contribution in [0.1, 0.15) is 11.1 Å². The molecule has 0 saturated heterocycles. The van der Waals surface area contributed by atoms with Crippen LogP contribution in [0.3, 0.4) is 0 Å². The Balaban J connectivity index is 2.45. The second-order valence-electron chi connectivity index (χ2n) is 4.84. The lowest BCUT2D eigenvalue weighted by molar-refractivity contribution is 0.477. The first kappa shape index (κ1) is 12.8. The number of nitrogens with zero attached hydrogens (tertiary/aromatic N) is 1. The highest BCUT2D eigenvalue weighted by molar-refractivity contribution is 6.32. The van der Waals surface area contributed by atoms with E-state index in [-0.39, 0.29) is 11.7 Å². The van der Waals surface area contributed by atoms with Crippen molar-refractivity contribution in [2.24, 2.45) is 10.7 Å². The van der Waals surface area contributed by atoms with Gasteiger partial charge in [0.2, 0.25) is 0 Å². The molecule has 0 aromatic heterocycles. The first-order valence-corrected chi connectivity index (χ1v) is 6.60. The van der Waals surface area contributed by atoms with Crippen LogP contribution in [-0.4, -0.2) is 11.1 Å². The molecule has 0 spiro atoms. The molecule has 2 aromatic carbocycles. The highest BCUT2D eigenvalue weighted by Gasteiger charge is 2.21. The second kappa shape index (κ2) is 4.42. The van der Waals surface area contributed by atoms with Gasteiger partial charge in [-0.3, -0.25) is 0 Å². The summed E-state index contributed by atoms with van der Waals surface area (Å²) >= 11 is 6.16. The third-order valence-corrected chi connectivity index (χ3v) is 3.92. The molecule has 0 bridgehead atoms. The summed E-state index contributed by atoms with van der Waals surface area (Å²) in [7, 11) is 0. The number of hydrogen-bond donors (Lipinski definition) is 3. The Hall–Kier alpha value is -2.20. The number of phenols is 1. The van der Waals surface area contributed by atoms with Gasteiger partial charge in [0.1, 0.15) is 5.75 Å². The van der Waals surface area contributed by atoms with E-state index in [9.17, 15) is 5.11 Å². The lowest BCUT2D eigenvalue weighted by atomic mass is 9.96. The summed E-state index contributed by atoms with van der Waals surface area (Å²) in [5.74, 6) is 0.456. The van der Waals surface area contributed by atoms with Crippen LogP contribution in [0.25, 0.3) is 11.1 Å². The number of rotatable bonds is 0. The topological polar surface area (TPSA) is 70.6 Å².